The number of rotatable bonds is 3. The van der Waals surface area contributed by atoms with E-state index in [1.807, 2.05) is 44.3 Å². The van der Waals surface area contributed by atoms with E-state index in [9.17, 15) is 0 Å². The van der Waals surface area contributed by atoms with Crippen LogP contribution >= 0.6 is 0 Å². The Balaban J connectivity index is 2.26. The largest absolute Gasteiger partial charge is 0.369 e. The number of aryl methyl sites for hydroxylation is 1. The van der Waals surface area contributed by atoms with Crippen LogP contribution in [0.2, 0.25) is 0 Å². The minimum absolute atomic E-state index is 0.706. The minimum atomic E-state index is 0.706. The highest BCUT2D eigenvalue weighted by Gasteiger charge is 2.08. The van der Waals surface area contributed by atoms with Crippen molar-refractivity contribution in [2.75, 3.05) is 11.9 Å². The maximum absolute atomic E-state index is 9.14. The van der Waals surface area contributed by atoms with Crippen LogP contribution in [0.1, 0.15) is 16.7 Å². The standard InChI is InChI=1S/C15H15N3/c1-12-3-4-14(10-16)15(9-12)18(2)11-13-5-7-17-8-6-13/h3-9H,11H2,1-2H3. The number of benzene rings is 1. The molecule has 0 aliphatic rings. The van der Waals surface area contributed by atoms with Crippen molar-refractivity contribution in [1.82, 2.24) is 4.98 Å². The van der Waals surface area contributed by atoms with Gasteiger partial charge in [-0.1, -0.05) is 6.07 Å². The predicted molar refractivity (Wildman–Crippen MR) is 72.2 cm³/mol. The van der Waals surface area contributed by atoms with Gasteiger partial charge in [0.15, 0.2) is 0 Å². The number of hydrogen-bond acceptors (Lipinski definition) is 3. The molecule has 0 unspecified atom stereocenters. The third-order valence-corrected chi connectivity index (χ3v) is 2.85. The van der Waals surface area contributed by atoms with Gasteiger partial charge in [0.1, 0.15) is 6.07 Å². The Morgan fingerprint density at radius 3 is 2.61 bits per heavy atom. The summed E-state index contributed by atoms with van der Waals surface area (Å²) in [6, 6.07) is 12.1. The third-order valence-electron chi connectivity index (χ3n) is 2.85. The molecule has 3 nitrogen and oxygen atoms in total. The SMILES string of the molecule is Cc1ccc(C#N)c(N(C)Cc2ccncc2)c1. The smallest absolute Gasteiger partial charge is 0.101 e. The van der Waals surface area contributed by atoms with Gasteiger partial charge in [0.25, 0.3) is 0 Å². The molecule has 0 aliphatic heterocycles. The van der Waals surface area contributed by atoms with E-state index in [2.05, 4.69) is 16.0 Å². The molecule has 0 amide bonds. The van der Waals surface area contributed by atoms with Crippen molar-refractivity contribution in [2.24, 2.45) is 0 Å². The summed E-state index contributed by atoms with van der Waals surface area (Å²) < 4.78 is 0. The molecule has 0 aliphatic carbocycles. The van der Waals surface area contributed by atoms with E-state index in [4.69, 9.17) is 5.26 Å². The zero-order valence-electron chi connectivity index (χ0n) is 10.6. The van der Waals surface area contributed by atoms with Crippen LogP contribution in [-0.4, -0.2) is 12.0 Å². The molecule has 3 heteroatoms. The number of pyridine rings is 1. The van der Waals surface area contributed by atoms with Gasteiger partial charge in [0, 0.05) is 26.0 Å². The summed E-state index contributed by atoms with van der Waals surface area (Å²) in [5, 5.41) is 9.14. The van der Waals surface area contributed by atoms with Gasteiger partial charge in [-0.15, -0.1) is 0 Å². The van der Waals surface area contributed by atoms with Gasteiger partial charge in [0.05, 0.1) is 11.3 Å². The fraction of sp³-hybridized carbons (Fsp3) is 0.200. The Morgan fingerprint density at radius 1 is 1.22 bits per heavy atom. The lowest BCUT2D eigenvalue weighted by Crippen LogP contribution is -2.17. The Bertz CT molecular complexity index is 570. The van der Waals surface area contributed by atoms with Crippen LogP contribution in [0.5, 0.6) is 0 Å². The van der Waals surface area contributed by atoms with Gasteiger partial charge in [-0.3, -0.25) is 4.98 Å². The molecule has 0 spiro atoms. The molecular formula is C15H15N3. The first kappa shape index (κ1) is 12.1. The van der Waals surface area contributed by atoms with E-state index < -0.39 is 0 Å². The molecule has 18 heavy (non-hydrogen) atoms. The molecule has 2 aromatic rings. The highest BCUT2D eigenvalue weighted by Crippen LogP contribution is 2.22. The number of nitrogens with zero attached hydrogens (tertiary/aromatic N) is 3. The molecular weight excluding hydrogens is 222 g/mol. The summed E-state index contributed by atoms with van der Waals surface area (Å²) in [6.45, 7) is 2.80. The van der Waals surface area contributed by atoms with E-state index in [1.165, 1.54) is 5.56 Å². The second kappa shape index (κ2) is 5.33. The van der Waals surface area contributed by atoms with E-state index in [0.717, 1.165) is 17.8 Å². The predicted octanol–water partition coefficient (Wildman–Crippen LogP) is 2.90. The van der Waals surface area contributed by atoms with Crippen LogP contribution in [0.15, 0.2) is 42.7 Å². The van der Waals surface area contributed by atoms with Crippen molar-refractivity contribution < 1.29 is 0 Å². The Hall–Kier alpha value is -2.34. The maximum Gasteiger partial charge on any atom is 0.101 e. The van der Waals surface area contributed by atoms with Crippen LogP contribution in [0, 0.1) is 18.3 Å². The van der Waals surface area contributed by atoms with Crippen molar-refractivity contribution in [1.29, 1.82) is 5.26 Å². The highest BCUT2D eigenvalue weighted by molar-refractivity contribution is 5.60. The normalized spacial score (nSPS) is 9.83. The highest BCUT2D eigenvalue weighted by atomic mass is 15.1. The molecule has 2 rings (SSSR count). The van der Waals surface area contributed by atoms with Crippen LogP contribution < -0.4 is 4.90 Å². The maximum atomic E-state index is 9.14. The van der Waals surface area contributed by atoms with Gasteiger partial charge in [-0.2, -0.15) is 5.26 Å². The van der Waals surface area contributed by atoms with Gasteiger partial charge >= 0.3 is 0 Å². The van der Waals surface area contributed by atoms with Crippen LogP contribution in [0.25, 0.3) is 0 Å². The first-order valence-electron chi connectivity index (χ1n) is 5.81. The monoisotopic (exact) mass is 237 g/mol. The molecule has 0 fully saturated rings. The van der Waals surface area contributed by atoms with E-state index in [-0.39, 0.29) is 0 Å². The fourth-order valence-electron chi connectivity index (χ4n) is 1.90. The van der Waals surface area contributed by atoms with Crippen molar-refractivity contribution in [2.45, 2.75) is 13.5 Å². The Kier molecular flexibility index (Phi) is 3.59. The summed E-state index contributed by atoms with van der Waals surface area (Å²) in [4.78, 5) is 6.09. The number of hydrogen-bond donors (Lipinski definition) is 0. The molecule has 1 heterocycles. The zero-order valence-corrected chi connectivity index (χ0v) is 10.6. The number of nitriles is 1. The van der Waals surface area contributed by atoms with Gasteiger partial charge in [-0.25, -0.2) is 0 Å². The molecule has 0 bridgehead atoms. The van der Waals surface area contributed by atoms with Crippen molar-refractivity contribution in [3.05, 3.63) is 59.4 Å². The average Bonchev–Trinajstić information content (AvgIpc) is 2.40. The minimum Gasteiger partial charge on any atom is -0.369 e. The van der Waals surface area contributed by atoms with E-state index >= 15 is 0 Å². The Labute approximate surface area is 107 Å². The molecule has 90 valence electrons. The zero-order chi connectivity index (χ0) is 13.0. The number of aromatic nitrogens is 1. The lowest BCUT2D eigenvalue weighted by Gasteiger charge is -2.21. The summed E-state index contributed by atoms with van der Waals surface area (Å²) >= 11 is 0. The lowest BCUT2D eigenvalue weighted by molar-refractivity contribution is 0.916. The third kappa shape index (κ3) is 2.67. The van der Waals surface area contributed by atoms with Crippen LogP contribution in [0.4, 0.5) is 5.69 Å². The molecule has 1 aromatic heterocycles. The summed E-state index contributed by atoms with van der Waals surface area (Å²) in [7, 11) is 2.00. The molecule has 0 N–H and O–H groups in total. The fourth-order valence-corrected chi connectivity index (χ4v) is 1.90. The molecule has 0 saturated heterocycles. The van der Waals surface area contributed by atoms with Crippen molar-refractivity contribution in [3.63, 3.8) is 0 Å². The van der Waals surface area contributed by atoms with E-state index in [1.54, 1.807) is 12.4 Å². The van der Waals surface area contributed by atoms with Crippen LogP contribution in [0.3, 0.4) is 0 Å². The summed E-state index contributed by atoms with van der Waals surface area (Å²) in [6.07, 6.45) is 3.56. The number of anilines is 1. The summed E-state index contributed by atoms with van der Waals surface area (Å²) in [5.74, 6) is 0. The Morgan fingerprint density at radius 2 is 1.94 bits per heavy atom. The van der Waals surface area contributed by atoms with Crippen LogP contribution in [-0.2, 0) is 6.54 Å². The second-order valence-electron chi connectivity index (χ2n) is 4.34. The lowest BCUT2D eigenvalue weighted by atomic mass is 10.1. The topological polar surface area (TPSA) is 39.9 Å². The second-order valence-corrected chi connectivity index (χ2v) is 4.34. The quantitative estimate of drug-likeness (QED) is 0.824. The average molecular weight is 237 g/mol. The van der Waals surface area contributed by atoms with E-state index in [0.29, 0.717) is 5.56 Å². The first-order chi connectivity index (χ1) is 8.70. The molecule has 0 saturated carbocycles. The van der Waals surface area contributed by atoms with Gasteiger partial charge < -0.3 is 4.90 Å². The van der Waals surface area contributed by atoms with Crippen molar-refractivity contribution in [3.8, 4) is 6.07 Å². The molecule has 0 radical (unpaired) electrons. The summed E-state index contributed by atoms with van der Waals surface area (Å²) in [5.41, 5.74) is 4.01. The van der Waals surface area contributed by atoms with Gasteiger partial charge in [0.2, 0.25) is 0 Å². The van der Waals surface area contributed by atoms with Crippen molar-refractivity contribution >= 4 is 5.69 Å². The molecule has 1 aromatic carbocycles. The van der Waals surface area contributed by atoms with Gasteiger partial charge in [-0.05, 0) is 42.3 Å². The first-order valence-corrected chi connectivity index (χ1v) is 5.81. The molecule has 0 atom stereocenters.